The summed E-state index contributed by atoms with van der Waals surface area (Å²) in [6.45, 7) is 6.28. The summed E-state index contributed by atoms with van der Waals surface area (Å²) in [5, 5.41) is 14.1. The highest BCUT2D eigenvalue weighted by Gasteiger charge is 2.35. The van der Waals surface area contributed by atoms with Crippen LogP contribution >= 0.6 is 0 Å². The number of rotatable bonds is 2. The van der Waals surface area contributed by atoms with Crippen molar-refractivity contribution in [2.45, 2.75) is 39.7 Å². The number of carbonyl (C=O) groups excluding carboxylic acids is 1. The summed E-state index contributed by atoms with van der Waals surface area (Å²) in [5.74, 6) is 1.66. The second-order valence-corrected chi connectivity index (χ2v) is 6.75. The van der Waals surface area contributed by atoms with Gasteiger partial charge in [0.15, 0.2) is 12.4 Å². The van der Waals surface area contributed by atoms with Gasteiger partial charge in [-0.25, -0.2) is 0 Å². The van der Waals surface area contributed by atoms with Crippen LogP contribution in [0, 0.1) is 17.5 Å². The van der Waals surface area contributed by atoms with E-state index in [1.807, 2.05) is 13.0 Å². The number of fused-ring (bicyclic) bond motifs is 1. The molecule has 22 heavy (non-hydrogen) atoms. The minimum Gasteiger partial charge on any atom is -0.619 e. The van der Waals surface area contributed by atoms with Crippen LogP contribution in [0.15, 0.2) is 35.0 Å². The van der Waals surface area contributed by atoms with E-state index in [-0.39, 0.29) is 17.4 Å². The number of aryl methyl sites for hydroxylation is 1. The van der Waals surface area contributed by atoms with E-state index >= 15 is 0 Å². The maximum Gasteiger partial charge on any atom is 0.252 e. The van der Waals surface area contributed by atoms with Gasteiger partial charge in [-0.15, -0.1) is 0 Å². The van der Waals surface area contributed by atoms with Crippen LogP contribution in [0.3, 0.4) is 0 Å². The molecule has 0 aliphatic heterocycles. The van der Waals surface area contributed by atoms with Crippen molar-refractivity contribution in [3.8, 4) is 0 Å². The second-order valence-electron chi connectivity index (χ2n) is 6.75. The average molecular weight is 300 g/mol. The molecule has 0 saturated heterocycles. The molecule has 2 aromatic heterocycles. The standard InChI is InChI=1S/C17H20N2O3/c1-11-8-13-14(9-17(2,3)10-15(13)22-11)18-16(20)12-4-6-19(21)7-5-12/h4-8,14H,9-10H2,1-3H3,(H,18,20)/t14-/m1/s1. The molecule has 116 valence electrons. The topological polar surface area (TPSA) is 69.2 Å². The maximum absolute atomic E-state index is 12.4. The quantitative estimate of drug-likeness (QED) is 0.685. The highest BCUT2D eigenvalue weighted by Crippen LogP contribution is 2.42. The van der Waals surface area contributed by atoms with Crippen molar-refractivity contribution < 1.29 is 13.9 Å². The lowest BCUT2D eigenvalue weighted by molar-refractivity contribution is -0.605. The normalized spacial score (nSPS) is 19.5. The number of aromatic nitrogens is 1. The van der Waals surface area contributed by atoms with E-state index < -0.39 is 0 Å². The molecule has 1 amide bonds. The van der Waals surface area contributed by atoms with Crippen molar-refractivity contribution in [1.29, 1.82) is 0 Å². The van der Waals surface area contributed by atoms with Crippen molar-refractivity contribution in [1.82, 2.24) is 5.32 Å². The van der Waals surface area contributed by atoms with Gasteiger partial charge in [0.25, 0.3) is 5.91 Å². The first-order valence-electron chi connectivity index (χ1n) is 7.43. The Morgan fingerprint density at radius 1 is 1.41 bits per heavy atom. The van der Waals surface area contributed by atoms with Crippen molar-refractivity contribution in [2.24, 2.45) is 5.41 Å². The molecule has 1 aliphatic rings. The van der Waals surface area contributed by atoms with Crippen molar-refractivity contribution in [3.63, 3.8) is 0 Å². The van der Waals surface area contributed by atoms with Crippen LogP contribution in [0.2, 0.25) is 0 Å². The average Bonchev–Trinajstić information content (AvgIpc) is 2.78. The molecule has 2 aromatic rings. The third-order valence-electron chi connectivity index (χ3n) is 4.11. The summed E-state index contributed by atoms with van der Waals surface area (Å²) in [4.78, 5) is 12.4. The van der Waals surface area contributed by atoms with Gasteiger partial charge >= 0.3 is 0 Å². The lowest BCUT2D eigenvalue weighted by Crippen LogP contribution is -2.36. The number of furan rings is 1. The van der Waals surface area contributed by atoms with Gasteiger partial charge in [0, 0.05) is 24.1 Å². The van der Waals surface area contributed by atoms with Crippen molar-refractivity contribution in [2.75, 3.05) is 0 Å². The number of hydrogen-bond acceptors (Lipinski definition) is 3. The molecule has 1 aliphatic carbocycles. The fourth-order valence-electron chi connectivity index (χ4n) is 3.12. The van der Waals surface area contributed by atoms with Crippen LogP contribution < -0.4 is 10.0 Å². The van der Waals surface area contributed by atoms with Gasteiger partial charge in [0.05, 0.1) is 11.6 Å². The largest absolute Gasteiger partial charge is 0.619 e. The predicted octanol–water partition coefficient (Wildman–Crippen LogP) is 2.66. The zero-order valence-electron chi connectivity index (χ0n) is 13.1. The van der Waals surface area contributed by atoms with Gasteiger partial charge in [0.1, 0.15) is 11.5 Å². The fourth-order valence-corrected chi connectivity index (χ4v) is 3.12. The van der Waals surface area contributed by atoms with E-state index in [1.165, 1.54) is 24.5 Å². The first-order valence-corrected chi connectivity index (χ1v) is 7.43. The van der Waals surface area contributed by atoms with Gasteiger partial charge in [-0.05, 0) is 24.8 Å². The highest BCUT2D eigenvalue weighted by molar-refractivity contribution is 5.94. The minimum absolute atomic E-state index is 0.0664. The Hall–Kier alpha value is -2.30. The van der Waals surface area contributed by atoms with E-state index in [0.29, 0.717) is 10.3 Å². The summed E-state index contributed by atoms with van der Waals surface area (Å²) < 4.78 is 6.44. The van der Waals surface area contributed by atoms with E-state index in [9.17, 15) is 10.0 Å². The molecular formula is C17H20N2O3. The number of pyridine rings is 1. The molecule has 3 rings (SSSR count). The molecule has 0 bridgehead atoms. The second kappa shape index (κ2) is 5.16. The lowest BCUT2D eigenvalue weighted by atomic mass is 9.74. The Kier molecular flexibility index (Phi) is 3.43. The Morgan fingerprint density at radius 3 is 2.77 bits per heavy atom. The van der Waals surface area contributed by atoms with E-state index in [1.54, 1.807) is 0 Å². The monoisotopic (exact) mass is 300 g/mol. The first-order chi connectivity index (χ1) is 10.3. The van der Waals surface area contributed by atoms with Gasteiger partial charge in [-0.1, -0.05) is 13.8 Å². The summed E-state index contributed by atoms with van der Waals surface area (Å²) >= 11 is 0. The molecule has 2 heterocycles. The van der Waals surface area contributed by atoms with Crippen LogP contribution in [-0.4, -0.2) is 5.91 Å². The SMILES string of the molecule is Cc1cc2c(o1)CC(C)(C)C[C@H]2NC(=O)c1cc[n+]([O-])cc1. The number of hydrogen-bond donors (Lipinski definition) is 1. The zero-order valence-corrected chi connectivity index (χ0v) is 13.1. The number of carbonyl (C=O) groups is 1. The molecule has 5 nitrogen and oxygen atoms in total. The van der Waals surface area contributed by atoms with E-state index in [4.69, 9.17) is 4.42 Å². The molecule has 1 atom stereocenters. The van der Waals surface area contributed by atoms with Crippen LogP contribution in [0.1, 0.15) is 53.8 Å². The molecule has 1 N–H and O–H groups in total. The summed E-state index contributed by atoms with van der Waals surface area (Å²) in [6.07, 6.45) is 4.39. The Balaban J connectivity index is 1.85. The molecule has 0 unspecified atom stereocenters. The molecule has 0 fully saturated rings. The summed E-state index contributed by atoms with van der Waals surface area (Å²) in [5.41, 5.74) is 1.63. The predicted molar refractivity (Wildman–Crippen MR) is 81.2 cm³/mol. The Labute approximate surface area is 129 Å². The van der Waals surface area contributed by atoms with Gasteiger partial charge < -0.3 is 14.9 Å². The Bertz CT molecular complexity index is 701. The molecular weight excluding hydrogens is 280 g/mol. The van der Waals surface area contributed by atoms with Crippen LogP contribution in [0.25, 0.3) is 0 Å². The molecule has 0 radical (unpaired) electrons. The fraction of sp³-hybridized carbons (Fsp3) is 0.412. The zero-order chi connectivity index (χ0) is 15.9. The number of amides is 1. The molecule has 0 saturated carbocycles. The third kappa shape index (κ3) is 2.84. The van der Waals surface area contributed by atoms with Crippen LogP contribution in [0.4, 0.5) is 0 Å². The summed E-state index contributed by atoms with van der Waals surface area (Å²) in [7, 11) is 0. The van der Waals surface area contributed by atoms with Crippen molar-refractivity contribution >= 4 is 5.91 Å². The number of nitrogens with one attached hydrogen (secondary N) is 1. The van der Waals surface area contributed by atoms with Crippen molar-refractivity contribution in [3.05, 3.63) is 58.4 Å². The summed E-state index contributed by atoms with van der Waals surface area (Å²) in [6, 6.07) is 4.99. The highest BCUT2D eigenvalue weighted by atomic mass is 16.5. The Morgan fingerprint density at radius 2 is 2.09 bits per heavy atom. The third-order valence-corrected chi connectivity index (χ3v) is 4.11. The first kappa shape index (κ1) is 14.6. The molecule has 5 heteroatoms. The smallest absolute Gasteiger partial charge is 0.252 e. The lowest BCUT2D eigenvalue weighted by Gasteiger charge is -2.34. The van der Waals surface area contributed by atoms with Gasteiger partial charge in [-0.2, -0.15) is 4.73 Å². The van der Waals surface area contributed by atoms with E-state index in [0.717, 1.165) is 29.9 Å². The number of nitrogens with zero attached hydrogens (tertiary/aromatic N) is 1. The van der Waals surface area contributed by atoms with Gasteiger partial charge in [-0.3, -0.25) is 4.79 Å². The maximum atomic E-state index is 12.4. The molecule has 0 aromatic carbocycles. The minimum atomic E-state index is -0.173. The van der Waals surface area contributed by atoms with E-state index in [2.05, 4.69) is 19.2 Å². The van der Waals surface area contributed by atoms with Crippen LogP contribution in [0.5, 0.6) is 0 Å². The van der Waals surface area contributed by atoms with Crippen LogP contribution in [-0.2, 0) is 6.42 Å². The van der Waals surface area contributed by atoms with Gasteiger partial charge in [0.2, 0.25) is 0 Å². The molecule has 0 spiro atoms.